The molecule has 2 rings (SSSR count). The second-order valence-electron chi connectivity index (χ2n) is 4.37. The zero-order valence-corrected chi connectivity index (χ0v) is 10.4. The van der Waals surface area contributed by atoms with Gasteiger partial charge in [0.1, 0.15) is 5.01 Å². The first-order chi connectivity index (χ1) is 7.35. The van der Waals surface area contributed by atoms with E-state index in [0.717, 1.165) is 12.0 Å². The van der Waals surface area contributed by atoms with E-state index in [-0.39, 0.29) is 0 Å². The fraction of sp³-hybridized carbons (Fsp3) is 0.750. The van der Waals surface area contributed by atoms with Crippen LogP contribution >= 0.6 is 11.3 Å². The zero-order valence-electron chi connectivity index (χ0n) is 9.57. The molecule has 0 aromatic carbocycles. The van der Waals surface area contributed by atoms with E-state index < -0.39 is 0 Å². The lowest BCUT2D eigenvalue weighted by atomic mass is 9.94. The van der Waals surface area contributed by atoms with Crippen LogP contribution in [-0.4, -0.2) is 11.0 Å². The highest BCUT2D eigenvalue weighted by Crippen LogP contribution is 2.32. The fourth-order valence-corrected chi connectivity index (χ4v) is 2.85. The van der Waals surface area contributed by atoms with Gasteiger partial charge in [0.05, 0.1) is 6.04 Å². The molecule has 1 atom stereocenters. The molecular weight excluding hydrogens is 204 g/mol. The van der Waals surface area contributed by atoms with Crippen LogP contribution in [0.5, 0.6) is 0 Å². The number of rotatable bonds is 6. The molecule has 1 heterocycles. The van der Waals surface area contributed by atoms with Crippen molar-refractivity contribution in [3.8, 4) is 0 Å². The first-order valence-corrected chi connectivity index (χ1v) is 6.88. The molecular formula is C12H20N2S. The number of nitrogens with zero attached hydrogens (tertiary/aromatic N) is 1. The van der Waals surface area contributed by atoms with Crippen molar-refractivity contribution in [3.63, 3.8) is 0 Å². The topological polar surface area (TPSA) is 24.9 Å². The molecule has 1 aliphatic rings. The number of hydrogen-bond donors (Lipinski definition) is 1. The molecule has 1 saturated carbocycles. The first-order valence-electron chi connectivity index (χ1n) is 6.00. The van der Waals surface area contributed by atoms with E-state index in [9.17, 15) is 0 Å². The standard InChI is InChI=1S/C12H20N2S/c1-3-9(4-2)11(14-10-5-6-10)12-13-7-8-15-12/h7-11,14H,3-6H2,1-2H3. The van der Waals surface area contributed by atoms with Crippen LogP contribution in [0.15, 0.2) is 11.6 Å². The predicted molar refractivity (Wildman–Crippen MR) is 65.1 cm³/mol. The predicted octanol–water partition coefficient (Wildman–Crippen LogP) is 3.37. The Bertz CT molecular complexity index is 276. The molecule has 0 spiro atoms. The third-order valence-corrected chi connectivity index (χ3v) is 4.09. The summed E-state index contributed by atoms with van der Waals surface area (Å²) in [6.45, 7) is 4.56. The minimum atomic E-state index is 0.493. The average molecular weight is 224 g/mol. The first kappa shape index (κ1) is 11.1. The van der Waals surface area contributed by atoms with Crippen LogP contribution in [0.2, 0.25) is 0 Å². The lowest BCUT2D eigenvalue weighted by Gasteiger charge is -2.24. The summed E-state index contributed by atoms with van der Waals surface area (Å²) in [5.74, 6) is 0.733. The van der Waals surface area contributed by atoms with Gasteiger partial charge in [0.15, 0.2) is 0 Å². The van der Waals surface area contributed by atoms with Gasteiger partial charge < -0.3 is 5.32 Å². The highest BCUT2D eigenvalue weighted by molar-refractivity contribution is 7.09. The lowest BCUT2D eigenvalue weighted by molar-refractivity contribution is 0.337. The van der Waals surface area contributed by atoms with Gasteiger partial charge in [0, 0.05) is 17.6 Å². The SMILES string of the molecule is CCC(CC)C(NC1CC1)c1nccs1. The normalized spacial score (nSPS) is 18.3. The Balaban J connectivity index is 2.07. The summed E-state index contributed by atoms with van der Waals surface area (Å²) in [6.07, 6.45) is 7.09. The van der Waals surface area contributed by atoms with Crippen molar-refractivity contribution in [2.75, 3.05) is 0 Å². The molecule has 0 bridgehead atoms. The molecule has 1 unspecified atom stereocenters. The molecule has 1 aliphatic carbocycles. The van der Waals surface area contributed by atoms with Crippen LogP contribution in [0.1, 0.15) is 50.6 Å². The Morgan fingerprint density at radius 2 is 2.20 bits per heavy atom. The Kier molecular flexibility index (Phi) is 3.76. The second kappa shape index (κ2) is 5.08. The van der Waals surface area contributed by atoms with Crippen LogP contribution in [0.25, 0.3) is 0 Å². The van der Waals surface area contributed by atoms with Gasteiger partial charge >= 0.3 is 0 Å². The molecule has 1 aromatic heterocycles. The number of aromatic nitrogens is 1. The maximum atomic E-state index is 4.47. The largest absolute Gasteiger partial charge is 0.305 e. The van der Waals surface area contributed by atoms with Crippen molar-refractivity contribution >= 4 is 11.3 Å². The molecule has 1 N–H and O–H groups in total. The summed E-state index contributed by atoms with van der Waals surface area (Å²) in [4.78, 5) is 4.47. The third kappa shape index (κ3) is 2.79. The van der Waals surface area contributed by atoms with Crippen LogP contribution in [-0.2, 0) is 0 Å². The Morgan fingerprint density at radius 3 is 2.67 bits per heavy atom. The van der Waals surface area contributed by atoms with Crippen molar-refractivity contribution in [1.29, 1.82) is 0 Å². The van der Waals surface area contributed by atoms with E-state index in [4.69, 9.17) is 0 Å². The van der Waals surface area contributed by atoms with Crippen LogP contribution in [0.3, 0.4) is 0 Å². The summed E-state index contributed by atoms with van der Waals surface area (Å²) in [5.41, 5.74) is 0. The van der Waals surface area contributed by atoms with Crippen molar-refractivity contribution in [2.24, 2.45) is 5.92 Å². The van der Waals surface area contributed by atoms with Crippen LogP contribution in [0, 0.1) is 5.92 Å². The molecule has 1 fully saturated rings. The number of hydrogen-bond acceptors (Lipinski definition) is 3. The van der Waals surface area contributed by atoms with Gasteiger partial charge in [0.25, 0.3) is 0 Å². The van der Waals surface area contributed by atoms with Crippen molar-refractivity contribution in [3.05, 3.63) is 16.6 Å². The van der Waals surface area contributed by atoms with E-state index >= 15 is 0 Å². The summed E-state index contributed by atoms with van der Waals surface area (Å²) in [5, 5.41) is 7.10. The molecule has 1 aromatic rings. The van der Waals surface area contributed by atoms with Gasteiger partial charge in [-0.15, -0.1) is 11.3 Å². The molecule has 0 radical (unpaired) electrons. The molecule has 2 nitrogen and oxygen atoms in total. The van der Waals surface area contributed by atoms with Crippen molar-refractivity contribution in [2.45, 2.75) is 51.6 Å². The van der Waals surface area contributed by atoms with E-state index in [0.29, 0.717) is 6.04 Å². The van der Waals surface area contributed by atoms with Crippen molar-refractivity contribution < 1.29 is 0 Å². The van der Waals surface area contributed by atoms with Gasteiger partial charge in [-0.25, -0.2) is 4.98 Å². The van der Waals surface area contributed by atoms with Gasteiger partial charge in [-0.05, 0) is 18.8 Å². The molecule has 84 valence electrons. The quantitative estimate of drug-likeness (QED) is 0.801. The van der Waals surface area contributed by atoms with Gasteiger partial charge in [-0.2, -0.15) is 0 Å². The number of thiazole rings is 1. The summed E-state index contributed by atoms with van der Waals surface area (Å²) >= 11 is 1.79. The van der Waals surface area contributed by atoms with E-state index in [2.05, 4.69) is 29.5 Å². The molecule has 0 amide bonds. The minimum Gasteiger partial charge on any atom is -0.305 e. The number of nitrogens with one attached hydrogen (secondary N) is 1. The van der Waals surface area contributed by atoms with Crippen LogP contribution in [0.4, 0.5) is 0 Å². The molecule has 0 saturated heterocycles. The molecule has 3 heteroatoms. The fourth-order valence-electron chi connectivity index (χ4n) is 2.06. The molecule has 15 heavy (non-hydrogen) atoms. The summed E-state index contributed by atoms with van der Waals surface area (Å²) < 4.78 is 0. The van der Waals surface area contributed by atoms with E-state index in [1.165, 1.54) is 30.7 Å². The van der Waals surface area contributed by atoms with E-state index in [1.54, 1.807) is 11.3 Å². The third-order valence-electron chi connectivity index (χ3n) is 3.23. The van der Waals surface area contributed by atoms with Gasteiger partial charge in [-0.3, -0.25) is 0 Å². The maximum Gasteiger partial charge on any atom is 0.110 e. The maximum absolute atomic E-state index is 4.47. The Labute approximate surface area is 96.1 Å². The van der Waals surface area contributed by atoms with E-state index in [1.807, 2.05) is 6.20 Å². The average Bonchev–Trinajstić information content (AvgIpc) is 2.92. The highest BCUT2D eigenvalue weighted by Gasteiger charge is 2.30. The highest BCUT2D eigenvalue weighted by atomic mass is 32.1. The Morgan fingerprint density at radius 1 is 1.47 bits per heavy atom. The monoisotopic (exact) mass is 224 g/mol. The van der Waals surface area contributed by atoms with Crippen LogP contribution < -0.4 is 5.32 Å². The smallest absolute Gasteiger partial charge is 0.110 e. The zero-order chi connectivity index (χ0) is 10.7. The van der Waals surface area contributed by atoms with Crippen molar-refractivity contribution in [1.82, 2.24) is 10.3 Å². The minimum absolute atomic E-state index is 0.493. The lowest BCUT2D eigenvalue weighted by Crippen LogP contribution is -2.29. The summed E-state index contributed by atoms with van der Waals surface area (Å²) in [7, 11) is 0. The Hall–Kier alpha value is -0.410. The molecule has 0 aliphatic heterocycles. The summed E-state index contributed by atoms with van der Waals surface area (Å²) in [6, 6.07) is 1.26. The van der Waals surface area contributed by atoms with Gasteiger partial charge in [-0.1, -0.05) is 26.7 Å². The van der Waals surface area contributed by atoms with Gasteiger partial charge in [0.2, 0.25) is 0 Å². The second-order valence-corrected chi connectivity index (χ2v) is 5.29.